The molecule has 0 aliphatic heterocycles. The number of phenols is 1. The van der Waals surface area contributed by atoms with E-state index >= 15 is 0 Å². The number of hydrogen-bond acceptors (Lipinski definition) is 5. The van der Waals surface area contributed by atoms with Crippen molar-refractivity contribution in [2.75, 3.05) is 19.5 Å². The number of para-hydroxylation sites is 1. The van der Waals surface area contributed by atoms with E-state index in [0.29, 0.717) is 23.4 Å². The molecule has 2 aromatic rings. The molecule has 2 rings (SSSR count). The van der Waals surface area contributed by atoms with Crippen molar-refractivity contribution >= 4 is 11.8 Å². The van der Waals surface area contributed by atoms with Gasteiger partial charge >= 0.3 is 6.09 Å². The van der Waals surface area contributed by atoms with Gasteiger partial charge in [-0.25, -0.2) is 4.79 Å². The Hall–Kier alpha value is -2.73. The van der Waals surface area contributed by atoms with Crippen molar-refractivity contribution in [3.8, 4) is 11.5 Å². The second-order valence-electron chi connectivity index (χ2n) is 7.60. The van der Waals surface area contributed by atoms with Gasteiger partial charge in [0.1, 0.15) is 17.1 Å². The van der Waals surface area contributed by atoms with Gasteiger partial charge in [-0.15, -0.1) is 0 Å². The third-order valence-electron chi connectivity index (χ3n) is 4.17. The molecule has 0 aromatic heterocycles. The normalized spacial score (nSPS) is 12.4. The van der Waals surface area contributed by atoms with Gasteiger partial charge in [-0.05, 0) is 57.0 Å². The van der Waals surface area contributed by atoms with Gasteiger partial charge in [0.2, 0.25) is 0 Å². The first kappa shape index (κ1) is 21.6. The second kappa shape index (κ2) is 8.97. The first-order valence-electron chi connectivity index (χ1n) is 9.12. The molecule has 0 aliphatic carbocycles. The molecule has 0 saturated heterocycles. The molecule has 0 bridgehead atoms. The summed E-state index contributed by atoms with van der Waals surface area (Å²) in [5.74, 6) is 0.889. The summed E-state index contributed by atoms with van der Waals surface area (Å²) in [5, 5.41) is 12.9. The molecule has 0 fully saturated rings. The Morgan fingerprint density at radius 3 is 2.43 bits per heavy atom. The van der Waals surface area contributed by atoms with Crippen LogP contribution in [0.2, 0.25) is 0 Å². The maximum Gasteiger partial charge on any atom is 0.412 e. The quantitative estimate of drug-likeness (QED) is 0.730. The van der Waals surface area contributed by atoms with Gasteiger partial charge in [-0.3, -0.25) is 5.32 Å². The summed E-state index contributed by atoms with van der Waals surface area (Å²) in [4.78, 5) is 12.1. The van der Waals surface area contributed by atoms with Crippen LogP contribution in [0.25, 0.3) is 0 Å². The molecule has 1 amide bonds. The molecular weight excluding hydrogens is 358 g/mol. The van der Waals surface area contributed by atoms with Crippen molar-refractivity contribution in [2.45, 2.75) is 45.8 Å². The number of carbonyl (C=O) groups is 1. The van der Waals surface area contributed by atoms with Crippen molar-refractivity contribution in [1.82, 2.24) is 0 Å². The molecule has 0 saturated carbocycles. The van der Waals surface area contributed by atoms with E-state index < -0.39 is 11.7 Å². The van der Waals surface area contributed by atoms with Gasteiger partial charge in [0.15, 0.2) is 0 Å². The predicted octanol–water partition coefficient (Wildman–Crippen LogP) is 4.99. The van der Waals surface area contributed by atoms with E-state index in [1.165, 1.54) is 0 Å². The first-order chi connectivity index (χ1) is 13.1. The average molecular weight is 387 g/mol. The van der Waals surface area contributed by atoms with Crippen molar-refractivity contribution in [3.63, 3.8) is 0 Å². The molecule has 2 N–H and O–H groups in total. The molecule has 0 heterocycles. The fourth-order valence-electron chi connectivity index (χ4n) is 3.06. The van der Waals surface area contributed by atoms with Crippen molar-refractivity contribution in [3.05, 3.63) is 53.1 Å². The summed E-state index contributed by atoms with van der Waals surface area (Å²) in [6, 6.07) is 10.7. The zero-order chi connectivity index (χ0) is 20.9. The number of aromatic hydroxyl groups is 1. The molecule has 152 valence electrons. The number of rotatable bonds is 6. The maximum atomic E-state index is 12.1. The highest BCUT2D eigenvalue weighted by Gasteiger charge is 2.21. The van der Waals surface area contributed by atoms with Crippen LogP contribution in [0.3, 0.4) is 0 Å². The number of amides is 1. The molecule has 1 atom stereocenters. The van der Waals surface area contributed by atoms with Crippen LogP contribution in [0, 0.1) is 6.92 Å². The standard InChI is InChI=1S/C22H29NO5/c1-14-11-16(23-21(25)28-22(2,3)4)12-15(20(14)27-6)13-19(26-5)17-9-7-8-10-18(17)24/h7-12,19,24H,13H2,1-6H3,(H,23,25). The van der Waals surface area contributed by atoms with E-state index in [0.717, 1.165) is 11.1 Å². The van der Waals surface area contributed by atoms with E-state index in [1.54, 1.807) is 26.4 Å². The van der Waals surface area contributed by atoms with Crippen LogP contribution in [0.1, 0.15) is 43.6 Å². The summed E-state index contributed by atoms with van der Waals surface area (Å²) in [6.45, 7) is 7.34. The second-order valence-corrected chi connectivity index (χ2v) is 7.60. The van der Waals surface area contributed by atoms with Gasteiger partial charge in [-0.1, -0.05) is 18.2 Å². The third-order valence-corrected chi connectivity index (χ3v) is 4.17. The van der Waals surface area contributed by atoms with Crippen LogP contribution in [0.15, 0.2) is 36.4 Å². The molecule has 0 spiro atoms. The third kappa shape index (κ3) is 5.63. The number of anilines is 1. The Labute approximate surface area is 166 Å². The van der Waals surface area contributed by atoms with Gasteiger partial charge in [-0.2, -0.15) is 0 Å². The van der Waals surface area contributed by atoms with E-state index in [-0.39, 0.29) is 11.9 Å². The minimum absolute atomic E-state index is 0.174. The highest BCUT2D eigenvalue weighted by atomic mass is 16.6. The lowest BCUT2D eigenvalue weighted by Crippen LogP contribution is -2.27. The number of methoxy groups -OCH3 is 2. The molecule has 1 unspecified atom stereocenters. The minimum Gasteiger partial charge on any atom is -0.508 e. The van der Waals surface area contributed by atoms with Gasteiger partial charge < -0.3 is 19.3 Å². The number of carbonyl (C=O) groups excluding carboxylic acids is 1. The smallest absolute Gasteiger partial charge is 0.412 e. The zero-order valence-electron chi connectivity index (χ0n) is 17.3. The lowest BCUT2D eigenvalue weighted by Gasteiger charge is -2.22. The Kier molecular flexibility index (Phi) is 6.91. The summed E-state index contributed by atoms with van der Waals surface area (Å²) in [5.41, 5.74) is 2.44. The highest BCUT2D eigenvalue weighted by molar-refractivity contribution is 5.85. The molecule has 6 heteroatoms. The minimum atomic E-state index is -0.583. The van der Waals surface area contributed by atoms with E-state index in [4.69, 9.17) is 14.2 Å². The summed E-state index contributed by atoms with van der Waals surface area (Å²) < 4.78 is 16.5. The molecule has 2 aromatic carbocycles. The fraction of sp³-hybridized carbons (Fsp3) is 0.409. The summed E-state index contributed by atoms with van der Waals surface area (Å²) in [7, 11) is 3.20. The van der Waals surface area contributed by atoms with Crippen LogP contribution in [0.5, 0.6) is 11.5 Å². The van der Waals surface area contributed by atoms with Gasteiger partial charge in [0.25, 0.3) is 0 Å². The molecular formula is C22H29NO5. The Morgan fingerprint density at radius 2 is 1.86 bits per heavy atom. The lowest BCUT2D eigenvalue weighted by atomic mass is 9.97. The Balaban J connectivity index is 2.33. The van der Waals surface area contributed by atoms with Crippen LogP contribution in [-0.4, -0.2) is 31.0 Å². The average Bonchev–Trinajstić information content (AvgIpc) is 2.58. The van der Waals surface area contributed by atoms with E-state index in [2.05, 4.69) is 5.32 Å². The Bertz CT molecular complexity index is 826. The van der Waals surface area contributed by atoms with Crippen molar-refractivity contribution in [2.24, 2.45) is 0 Å². The van der Waals surface area contributed by atoms with E-state index in [1.807, 2.05) is 52.0 Å². The van der Waals surface area contributed by atoms with Gasteiger partial charge in [0, 0.05) is 24.8 Å². The lowest BCUT2D eigenvalue weighted by molar-refractivity contribution is 0.0636. The number of ether oxygens (including phenoxy) is 3. The predicted molar refractivity (Wildman–Crippen MR) is 109 cm³/mol. The van der Waals surface area contributed by atoms with Gasteiger partial charge in [0.05, 0.1) is 13.2 Å². The number of hydrogen-bond donors (Lipinski definition) is 2. The monoisotopic (exact) mass is 387 g/mol. The molecule has 6 nitrogen and oxygen atoms in total. The van der Waals surface area contributed by atoms with Crippen LogP contribution in [0.4, 0.5) is 10.5 Å². The molecule has 28 heavy (non-hydrogen) atoms. The van der Waals surface area contributed by atoms with Crippen molar-refractivity contribution < 1.29 is 24.1 Å². The van der Waals surface area contributed by atoms with Crippen molar-refractivity contribution in [1.29, 1.82) is 0 Å². The molecule has 0 aliphatic rings. The van der Waals surface area contributed by atoms with E-state index in [9.17, 15) is 9.90 Å². The number of phenolic OH excluding ortho intramolecular Hbond substituents is 1. The van der Waals surface area contributed by atoms with Crippen LogP contribution >= 0.6 is 0 Å². The summed E-state index contributed by atoms with van der Waals surface area (Å²) in [6.07, 6.45) is -0.430. The first-order valence-corrected chi connectivity index (χ1v) is 9.12. The van der Waals surface area contributed by atoms with Crippen LogP contribution < -0.4 is 10.1 Å². The topological polar surface area (TPSA) is 77.0 Å². The van der Waals surface area contributed by atoms with Crippen LogP contribution in [-0.2, 0) is 15.9 Å². The maximum absolute atomic E-state index is 12.1. The largest absolute Gasteiger partial charge is 0.508 e. The fourth-order valence-corrected chi connectivity index (χ4v) is 3.06. The number of aryl methyl sites for hydroxylation is 1. The Morgan fingerprint density at radius 1 is 1.18 bits per heavy atom. The zero-order valence-corrected chi connectivity index (χ0v) is 17.3. The summed E-state index contributed by atoms with van der Waals surface area (Å²) >= 11 is 0. The highest BCUT2D eigenvalue weighted by Crippen LogP contribution is 2.35. The molecule has 0 radical (unpaired) electrons. The number of benzene rings is 2. The SMILES string of the molecule is COc1c(C)cc(NC(=O)OC(C)(C)C)cc1CC(OC)c1ccccc1O. The number of nitrogens with one attached hydrogen (secondary N) is 1.